The van der Waals surface area contributed by atoms with Crippen molar-refractivity contribution in [2.45, 2.75) is 11.8 Å². The fourth-order valence-corrected chi connectivity index (χ4v) is 3.76. The van der Waals surface area contributed by atoms with Gasteiger partial charge in [0.25, 0.3) is 15.9 Å². The Balaban J connectivity index is 1.90. The average Bonchev–Trinajstić information content (AvgIpc) is 2.95. The number of carbonyl (C=O) groups is 1. The maximum Gasteiger partial charge on any atom is 0.287 e. The standard InChI is InChI=1S/C16H11Cl2FN4O3S/c1-9-15(20-22-23(9)13-7-10(17)6-11(18)8-13)16(24)21-27(25,26)14-4-2-12(19)3-5-14/h2-8H,1H3,(H,21,24). The molecule has 1 N–H and O–H groups in total. The molecule has 0 radical (unpaired) electrons. The van der Waals surface area contributed by atoms with Crippen LogP contribution in [0.5, 0.6) is 0 Å². The highest BCUT2D eigenvalue weighted by Crippen LogP contribution is 2.23. The van der Waals surface area contributed by atoms with E-state index in [1.165, 1.54) is 17.7 Å². The minimum absolute atomic E-state index is 0.197. The second kappa shape index (κ2) is 7.26. The molecule has 0 spiro atoms. The molecule has 0 bridgehead atoms. The quantitative estimate of drug-likeness (QED) is 0.688. The van der Waals surface area contributed by atoms with Gasteiger partial charge in [0, 0.05) is 10.0 Å². The van der Waals surface area contributed by atoms with Crippen molar-refractivity contribution in [2.24, 2.45) is 0 Å². The third-order valence-electron chi connectivity index (χ3n) is 3.55. The first-order valence-corrected chi connectivity index (χ1v) is 9.63. The molecule has 0 saturated heterocycles. The van der Waals surface area contributed by atoms with E-state index in [1.54, 1.807) is 12.1 Å². The second-order valence-corrected chi connectivity index (χ2v) is 8.01. The lowest BCUT2D eigenvalue weighted by molar-refractivity contribution is 0.0976. The third kappa shape index (κ3) is 4.10. The Morgan fingerprint density at radius 1 is 1.11 bits per heavy atom. The molecule has 0 saturated carbocycles. The lowest BCUT2D eigenvalue weighted by Gasteiger charge is -2.07. The first kappa shape index (κ1) is 19.3. The molecule has 11 heteroatoms. The summed E-state index contributed by atoms with van der Waals surface area (Å²) in [6.07, 6.45) is 0. The molecule has 3 aromatic rings. The Bertz CT molecular complexity index is 1110. The predicted octanol–water partition coefficient (Wildman–Crippen LogP) is 3.14. The predicted molar refractivity (Wildman–Crippen MR) is 97.2 cm³/mol. The summed E-state index contributed by atoms with van der Waals surface area (Å²) in [7, 11) is -4.20. The Hall–Kier alpha value is -2.49. The van der Waals surface area contributed by atoms with Crippen molar-refractivity contribution in [3.05, 3.63) is 69.7 Å². The molecular formula is C16H11Cl2FN4O3S. The van der Waals surface area contributed by atoms with Crippen LogP contribution in [0.4, 0.5) is 4.39 Å². The van der Waals surface area contributed by atoms with E-state index in [9.17, 15) is 17.6 Å². The molecule has 1 amide bonds. The second-order valence-electron chi connectivity index (χ2n) is 5.45. The van der Waals surface area contributed by atoms with Crippen LogP contribution in [-0.4, -0.2) is 29.3 Å². The first-order valence-electron chi connectivity index (χ1n) is 7.39. The van der Waals surface area contributed by atoms with E-state index in [0.29, 0.717) is 15.7 Å². The van der Waals surface area contributed by atoms with Crippen molar-refractivity contribution in [2.75, 3.05) is 0 Å². The van der Waals surface area contributed by atoms with Gasteiger partial charge in [-0.3, -0.25) is 4.79 Å². The smallest absolute Gasteiger partial charge is 0.266 e. The van der Waals surface area contributed by atoms with Gasteiger partial charge in [-0.15, -0.1) is 5.10 Å². The van der Waals surface area contributed by atoms with Crippen LogP contribution in [0.25, 0.3) is 5.69 Å². The van der Waals surface area contributed by atoms with E-state index in [0.717, 1.165) is 24.3 Å². The van der Waals surface area contributed by atoms with Gasteiger partial charge in [0.05, 0.1) is 16.3 Å². The minimum Gasteiger partial charge on any atom is -0.266 e. The summed E-state index contributed by atoms with van der Waals surface area (Å²) < 4.78 is 40.7. The van der Waals surface area contributed by atoms with E-state index in [-0.39, 0.29) is 16.3 Å². The van der Waals surface area contributed by atoms with Gasteiger partial charge in [-0.05, 0) is 49.4 Å². The number of hydrogen-bond donors (Lipinski definition) is 1. The van der Waals surface area contributed by atoms with Crippen molar-refractivity contribution < 1.29 is 17.6 Å². The van der Waals surface area contributed by atoms with Crippen LogP contribution in [0.2, 0.25) is 10.0 Å². The Labute approximate surface area is 163 Å². The zero-order valence-corrected chi connectivity index (χ0v) is 16.0. The number of hydrogen-bond acceptors (Lipinski definition) is 5. The highest BCUT2D eigenvalue weighted by atomic mass is 35.5. The van der Waals surface area contributed by atoms with Crippen LogP contribution >= 0.6 is 23.2 Å². The van der Waals surface area contributed by atoms with Gasteiger partial charge >= 0.3 is 0 Å². The fraction of sp³-hybridized carbons (Fsp3) is 0.0625. The Kier molecular flexibility index (Phi) is 5.18. The molecule has 3 rings (SSSR count). The molecule has 2 aromatic carbocycles. The van der Waals surface area contributed by atoms with Gasteiger partial charge in [-0.25, -0.2) is 22.2 Å². The van der Waals surface area contributed by atoms with Crippen LogP contribution in [0, 0.1) is 12.7 Å². The Morgan fingerprint density at radius 3 is 2.30 bits per heavy atom. The molecule has 1 heterocycles. The maximum atomic E-state index is 13.0. The SMILES string of the molecule is Cc1c(C(=O)NS(=O)(=O)c2ccc(F)cc2)nnn1-c1cc(Cl)cc(Cl)c1. The van der Waals surface area contributed by atoms with E-state index in [1.807, 2.05) is 4.72 Å². The van der Waals surface area contributed by atoms with Crippen molar-refractivity contribution in [1.29, 1.82) is 0 Å². The summed E-state index contributed by atoms with van der Waals surface area (Å²) in [4.78, 5) is 12.1. The van der Waals surface area contributed by atoms with Gasteiger partial charge in [-0.2, -0.15) is 0 Å². The highest BCUT2D eigenvalue weighted by Gasteiger charge is 2.24. The highest BCUT2D eigenvalue weighted by molar-refractivity contribution is 7.90. The Morgan fingerprint density at radius 2 is 1.70 bits per heavy atom. The monoisotopic (exact) mass is 428 g/mol. The molecule has 27 heavy (non-hydrogen) atoms. The van der Waals surface area contributed by atoms with E-state index in [4.69, 9.17) is 23.2 Å². The van der Waals surface area contributed by atoms with E-state index >= 15 is 0 Å². The van der Waals surface area contributed by atoms with Gasteiger partial charge in [0.15, 0.2) is 5.69 Å². The number of sulfonamides is 1. The molecule has 0 aliphatic carbocycles. The molecule has 0 atom stereocenters. The summed E-state index contributed by atoms with van der Waals surface area (Å²) in [5, 5.41) is 8.30. The molecule has 0 unspecified atom stereocenters. The summed E-state index contributed by atoms with van der Waals surface area (Å²) in [5.41, 5.74) is 0.537. The van der Waals surface area contributed by atoms with Crippen molar-refractivity contribution in [3.8, 4) is 5.69 Å². The number of carbonyl (C=O) groups excluding carboxylic acids is 1. The zero-order valence-electron chi connectivity index (χ0n) is 13.6. The number of halogens is 3. The first-order chi connectivity index (χ1) is 12.7. The number of nitrogens with one attached hydrogen (secondary N) is 1. The summed E-state index contributed by atoms with van der Waals surface area (Å²) in [6.45, 7) is 1.54. The zero-order chi connectivity index (χ0) is 19.8. The lowest BCUT2D eigenvalue weighted by Crippen LogP contribution is -2.31. The van der Waals surface area contributed by atoms with Crippen molar-refractivity contribution in [1.82, 2.24) is 19.7 Å². The summed E-state index contributed by atoms with van der Waals surface area (Å²) >= 11 is 11.9. The molecule has 7 nitrogen and oxygen atoms in total. The van der Waals surface area contributed by atoms with Crippen LogP contribution in [0.3, 0.4) is 0 Å². The number of aromatic nitrogens is 3. The van der Waals surface area contributed by atoms with Gasteiger partial charge in [0.2, 0.25) is 0 Å². The molecule has 140 valence electrons. The number of nitrogens with zero attached hydrogens (tertiary/aromatic N) is 3. The normalized spacial score (nSPS) is 11.4. The number of benzene rings is 2. The van der Waals surface area contributed by atoms with E-state index < -0.39 is 21.7 Å². The topological polar surface area (TPSA) is 93.9 Å². The minimum atomic E-state index is -4.20. The average molecular weight is 429 g/mol. The van der Waals surface area contributed by atoms with Gasteiger partial charge in [0.1, 0.15) is 5.82 Å². The van der Waals surface area contributed by atoms with Crippen LogP contribution in [0.1, 0.15) is 16.2 Å². The molecular weight excluding hydrogens is 418 g/mol. The van der Waals surface area contributed by atoms with Crippen LogP contribution < -0.4 is 4.72 Å². The largest absolute Gasteiger partial charge is 0.287 e. The van der Waals surface area contributed by atoms with Crippen molar-refractivity contribution >= 4 is 39.1 Å². The summed E-state index contributed by atoms with van der Waals surface area (Å²) in [5.74, 6) is -1.57. The van der Waals surface area contributed by atoms with Gasteiger partial charge in [-0.1, -0.05) is 28.4 Å². The van der Waals surface area contributed by atoms with Crippen molar-refractivity contribution in [3.63, 3.8) is 0 Å². The number of amides is 1. The fourth-order valence-electron chi connectivity index (χ4n) is 2.29. The molecule has 0 fully saturated rings. The number of rotatable bonds is 4. The van der Waals surface area contributed by atoms with Crippen LogP contribution in [-0.2, 0) is 10.0 Å². The van der Waals surface area contributed by atoms with Crippen LogP contribution in [0.15, 0.2) is 47.4 Å². The molecule has 0 aliphatic rings. The van der Waals surface area contributed by atoms with Gasteiger partial charge < -0.3 is 0 Å². The molecule has 1 aromatic heterocycles. The van der Waals surface area contributed by atoms with E-state index in [2.05, 4.69) is 10.3 Å². The lowest BCUT2D eigenvalue weighted by atomic mass is 10.3. The summed E-state index contributed by atoms with van der Waals surface area (Å²) in [6, 6.07) is 8.69. The third-order valence-corrected chi connectivity index (χ3v) is 5.34. The molecule has 0 aliphatic heterocycles. The maximum absolute atomic E-state index is 13.0.